The molecule has 2 aromatic heterocycles. The Balaban J connectivity index is 1.25. The number of benzene rings is 1. The molecule has 3 aliphatic rings. The van der Waals surface area contributed by atoms with Crippen LogP contribution in [0.2, 0.25) is 0 Å². The van der Waals surface area contributed by atoms with Crippen LogP contribution in [0, 0.1) is 0 Å². The Morgan fingerprint density at radius 3 is 2.40 bits per heavy atom. The smallest absolute Gasteiger partial charge is 0.330 e. The summed E-state index contributed by atoms with van der Waals surface area (Å²) < 4.78 is 1.61. The molecule has 9 nitrogen and oxygen atoms in total. The Morgan fingerprint density at radius 2 is 1.74 bits per heavy atom. The van der Waals surface area contributed by atoms with Crippen molar-refractivity contribution in [2.45, 2.75) is 54.8 Å². The number of piperazine rings is 1. The lowest BCUT2D eigenvalue weighted by atomic mass is 10.2. The lowest BCUT2D eigenvalue weighted by Gasteiger charge is -2.37. The first-order valence-electron chi connectivity index (χ1n) is 12.3. The van der Waals surface area contributed by atoms with Gasteiger partial charge in [-0.2, -0.15) is 0 Å². The Hall–Kier alpha value is -3.14. The van der Waals surface area contributed by atoms with E-state index >= 15 is 0 Å². The number of anilines is 1. The highest BCUT2D eigenvalue weighted by atomic mass is 32.2. The monoisotopic (exact) mass is 492 g/mol. The van der Waals surface area contributed by atoms with Crippen LogP contribution in [-0.2, 0) is 4.79 Å². The van der Waals surface area contributed by atoms with Crippen LogP contribution in [0.25, 0.3) is 11.0 Å². The second-order valence-corrected chi connectivity index (χ2v) is 11.0. The van der Waals surface area contributed by atoms with E-state index in [-0.39, 0.29) is 17.9 Å². The van der Waals surface area contributed by atoms with E-state index in [0.717, 1.165) is 38.8 Å². The summed E-state index contributed by atoms with van der Waals surface area (Å²) in [6.45, 7) is 4.73. The molecule has 1 aliphatic heterocycles. The lowest BCUT2D eigenvalue weighted by Crippen LogP contribution is -2.50. The van der Waals surface area contributed by atoms with E-state index in [1.54, 1.807) is 4.57 Å². The number of nitrogens with zero attached hydrogens (tertiary/aromatic N) is 5. The molecule has 0 spiro atoms. The standard InChI is InChI=1S/C25H28N6O3S/c1-15(24(33)30-13-11-29(12-14-30)17-5-3-2-4-6-17)35-23-19-21(26-20(27-23)16-7-8-16)31(18-9-10-18)25(34)28-22(19)32/h2-6,15-16,18H,7-14H2,1H3,(H,28,32,34). The maximum absolute atomic E-state index is 13.3. The zero-order valence-electron chi connectivity index (χ0n) is 19.6. The number of nitrogens with one attached hydrogen (secondary N) is 1. The molecule has 3 fully saturated rings. The third kappa shape index (κ3) is 4.35. The van der Waals surface area contributed by atoms with Gasteiger partial charge in [-0.1, -0.05) is 30.0 Å². The van der Waals surface area contributed by atoms with Crippen LogP contribution in [0.15, 0.2) is 44.9 Å². The first-order valence-corrected chi connectivity index (χ1v) is 13.2. The summed E-state index contributed by atoms with van der Waals surface area (Å²) in [5.74, 6) is 0.975. The zero-order chi connectivity index (χ0) is 24.1. The van der Waals surface area contributed by atoms with Crippen molar-refractivity contribution >= 4 is 34.4 Å². The molecule has 2 aliphatic carbocycles. The van der Waals surface area contributed by atoms with Crippen LogP contribution >= 0.6 is 11.8 Å². The van der Waals surface area contributed by atoms with E-state index in [1.807, 2.05) is 30.0 Å². The summed E-state index contributed by atoms with van der Waals surface area (Å²) in [5, 5.41) is 0.403. The maximum atomic E-state index is 13.3. The number of amides is 1. The summed E-state index contributed by atoms with van der Waals surface area (Å²) in [5.41, 5.74) is 0.685. The van der Waals surface area contributed by atoms with Gasteiger partial charge in [0.1, 0.15) is 16.2 Å². The normalized spacial score (nSPS) is 19.2. The van der Waals surface area contributed by atoms with Crippen LogP contribution in [0.5, 0.6) is 0 Å². The molecule has 6 rings (SSSR count). The molecule has 1 amide bonds. The molecule has 10 heteroatoms. The topological polar surface area (TPSA) is 104 Å². The van der Waals surface area contributed by atoms with Gasteiger partial charge in [0.25, 0.3) is 5.56 Å². The number of fused-ring (bicyclic) bond motifs is 1. The van der Waals surface area contributed by atoms with E-state index in [4.69, 9.17) is 4.98 Å². The molecule has 1 unspecified atom stereocenters. The van der Waals surface area contributed by atoms with Crippen molar-refractivity contribution in [3.8, 4) is 0 Å². The predicted octanol–water partition coefficient (Wildman–Crippen LogP) is 2.52. The minimum absolute atomic E-state index is 0.0365. The molecule has 0 radical (unpaired) electrons. The molecule has 3 heterocycles. The molecular formula is C25H28N6O3S. The number of thioether (sulfide) groups is 1. The third-order valence-corrected chi connectivity index (χ3v) is 8.05. The summed E-state index contributed by atoms with van der Waals surface area (Å²) in [7, 11) is 0. The molecular weight excluding hydrogens is 464 g/mol. The SMILES string of the molecule is CC(Sc1nc(C2CC2)nc2c1c(=O)[nH]c(=O)n2C1CC1)C(=O)N1CCN(c2ccccc2)CC1. The van der Waals surface area contributed by atoms with Gasteiger partial charge in [0, 0.05) is 43.8 Å². The molecule has 182 valence electrons. The fourth-order valence-corrected chi connectivity index (χ4v) is 5.75. The summed E-state index contributed by atoms with van der Waals surface area (Å²) >= 11 is 1.30. The van der Waals surface area contributed by atoms with E-state index in [0.29, 0.717) is 35.0 Å². The number of carbonyl (C=O) groups is 1. The van der Waals surface area contributed by atoms with E-state index in [1.165, 1.54) is 17.4 Å². The van der Waals surface area contributed by atoms with Crippen molar-refractivity contribution in [3.05, 3.63) is 57.0 Å². The fourth-order valence-electron chi connectivity index (χ4n) is 4.71. The van der Waals surface area contributed by atoms with Crippen LogP contribution in [0.3, 0.4) is 0 Å². The van der Waals surface area contributed by atoms with Gasteiger partial charge >= 0.3 is 5.69 Å². The fraction of sp³-hybridized carbons (Fsp3) is 0.480. The summed E-state index contributed by atoms with van der Waals surface area (Å²) in [6, 6.07) is 10.3. The molecule has 0 bridgehead atoms. The van der Waals surface area contributed by atoms with Crippen LogP contribution < -0.4 is 16.1 Å². The van der Waals surface area contributed by atoms with Crippen molar-refractivity contribution in [1.29, 1.82) is 0 Å². The Morgan fingerprint density at radius 1 is 1.03 bits per heavy atom. The van der Waals surface area contributed by atoms with Crippen LogP contribution in [0.4, 0.5) is 5.69 Å². The Labute approximate surface area is 206 Å². The number of hydrogen-bond acceptors (Lipinski definition) is 7. The van der Waals surface area contributed by atoms with Crippen LogP contribution in [0.1, 0.15) is 50.4 Å². The van der Waals surface area contributed by atoms with Gasteiger partial charge in [0.2, 0.25) is 5.91 Å². The first-order chi connectivity index (χ1) is 17.0. The summed E-state index contributed by atoms with van der Waals surface area (Å²) in [4.78, 5) is 54.8. The lowest BCUT2D eigenvalue weighted by molar-refractivity contribution is -0.130. The molecule has 1 aromatic carbocycles. The van der Waals surface area contributed by atoms with Crippen molar-refractivity contribution in [1.82, 2.24) is 24.4 Å². The van der Waals surface area contributed by atoms with E-state index < -0.39 is 16.5 Å². The number of carbonyl (C=O) groups excluding carboxylic acids is 1. The predicted molar refractivity (Wildman–Crippen MR) is 135 cm³/mol. The number of aromatic amines is 1. The van der Waals surface area contributed by atoms with Gasteiger partial charge in [-0.25, -0.2) is 14.8 Å². The number of hydrogen-bond donors (Lipinski definition) is 1. The second kappa shape index (κ2) is 8.82. The quantitative estimate of drug-likeness (QED) is 0.416. The first kappa shape index (κ1) is 22.3. The van der Waals surface area contributed by atoms with E-state index in [9.17, 15) is 14.4 Å². The highest BCUT2D eigenvalue weighted by Crippen LogP contribution is 2.41. The van der Waals surface area contributed by atoms with Crippen molar-refractivity contribution in [3.63, 3.8) is 0 Å². The Kier molecular flexibility index (Phi) is 5.63. The second-order valence-electron chi connectivity index (χ2n) is 9.63. The minimum atomic E-state index is -0.483. The van der Waals surface area contributed by atoms with Gasteiger partial charge in [-0.3, -0.25) is 19.1 Å². The molecule has 2 saturated carbocycles. The van der Waals surface area contributed by atoms with E-state index in [2.05, 4.69) is 27.0 Å². The molecule has 3 aromatic rings. The van der Waals surface area contributed by atoms with Gasteiger partial charge in [0.15, 0.2) is 5.65 Å². The van der Waals surface area contributed by atoms with Gasteiger partial charge in [-0.15, -0.1) is 0 Å². The van der Waals surface area contributed by atoms with Crippen LogP contribution in [-0.4, -0.2) is 61.8 Å². The minimum Gasteiger partial charge on any atom is -0.368 e. The van der Waals surface area contributed by atoms with Gasteiger partial charge < -0.3 is 9.80 Å². The molecule has 1 saturated heterocycles. The highest BCUT2D eigenvalue weighted by Gasteiger charge is 2.33. The van der Waals surface area contributed by atoms with Crippen molar-refractivity contribution < 1.29 is 4.79 Å². The van der Waals surface area contributed by atoms with Gasteiger partial charge in [0.05, 0.1) is 5.25 Å². The van der Waals surface area contributed by atoms with Crippen molar-refractivity contribution in [2.24, 2.45) is 0 Å². The summed E-state index contributed by atoms with van der Waals surface area (Å²) in [6.07, 6.45) is 3.81. The van der Waals surface area contributed by atoms with Crippen molar-refractivity contribution in [2.75, 3.05) is 31.1 Å². The number of aromatic nitrogens is 4. The molecule has 1 atom stereocenters. The average molecular weight is 493 g/mol. The Bertz CT molecular complexity index is 1390. The zero-order valence-corrected chi connectivity index (χ0v) is 20.5. The number of rotatable bonds is 6. The molecule has 35 heavy (non-hydrogen) atoms. The maximum Gasteiger partial charge on any atom is 0.330 e. The van der Waals surface area contributed by atoms with Gasteiger partial charge in [-0.05, 0) is 44.7 Å². The third-order valence-electron chi connectivity index (χ3n) is 6.97. The molecule has 1 N–H and O–H groups in total. The number of para-hydroxylation sites is 1. The number of H-pyrrole nitrogens is 1. The largest absolute Gasteiger partial charge is 0.368 e. The average Bonchev–Trinajstić information content (AvgIpc) is 3.78. The highest BCUT2D eigenvalue weighted by molar-refractivity contribution is 8.00.